The molecular formula is C25H25NO4. The predicted octanol–water partition coefficient (Wildman–Crippen LogP) is 4.77. The summed E-state index contributed by atoms with van der Waals surface area (Å²) in [6.45, 7) is 5.82. The van der Waals surface area contributed by atoms with Gasteiger partial charge in [0.1, 0.15) is 6.61 Å². The quantitative estimate of drug-likeness (QED) is 0.675. The summed E-state index contributed by atoms with van der Waals surface area (Å²) in [5, 5.41) is 0. The highest BCUT2D eigenvalue weighted by atomic mass is 16.6. The molecule has 2 aromatic rings. The third-order valence-corrected chi connectivity index (χ3v) is 5.08. The molecule has 5 nitrogen and oxygen atoms in total. The molecule has 1 heterocycles. The highest BCUT2D eigenvalue weighted by Crippen LogP contribution is 2.33. The summed E-state index contributed by atoms with van der Waals surface area (Å²) in [4.78, 5) is 27.0. The first-order valence-electron chi connectivity index (χ1n) is 9.66. The Morgan fingerprint density at radius 3 is 2.33 bits per heavy atom. The summed E-state index contributed by atoms with van der Waals surface area (Å²) < 4.78 is 10.5. The molecule has 5 heteroatoms. The van der Waals surface area contributed by atoms with Crippen LogP contribution in [0.25, 0.3) is 6.08 Å². The van der Waals surface area contributed by atoms with Crippen LogP contribution in [0.15, 0.2) is 90.5 Å². The van der Waals surface area contributed by atoms with E-state index in [1.165, 1.54) is 12.0 Å². The number of carbonyl (C=O) groups excluding carboxylic acids is 2. The van der Waals surface area contributed by atoms with Crippen molar-refractivity contribution in [2.24, 2.45) is 0 Å². The summed E-state index contributed by atoms with van der Waals surface area (Å²) in [5.74, 6) is -0.544. The van der Waals surface area contributed by atoms with Crippen LogP contribution >= 0.6 is 0 Å². The van der Waals surface area contributed by atoms with Gasteiger partial charge in [0.25, 0.3) is 0 Å². The Labute approximate surface area is 176 Å². The maximum atomic E-state index is 13.0. The Balaban J connectivity index is 1.94. The molecule has 0 aliphatic carbocycles. The van der Waals surface area contributed by atoms with E-state index in [1.807, 2.05) is 66.7 Å². The normalized spacial score (nSPS) is 19.7. The van der Waals surface area contributed by atoms with Crippen molar-refractivity contribution in [1.29, 1.82) is 0 Å². The van der Waals surface area contributed by atoms with Gasteiger partial charge in [0.2, 0.25) is 0 Å². The first-order chi connectivity index (χ1) is 14.5. The molecule has 0 aromatic heterocycles. The van der Waals surface area contributed by atoms with E-state index in [1.54, 1.807) is 19.1 Å². The molecule has 3 rings (SSSR count). The van der Waals surface area contributed by atoms with Gasteiger partial charge < -0.3 is 9.47 Å². The molecule has 0 radical (unpaired) electrons. The van der Waals surface area contributed by atoms with E-state index >= 15 is 0 Å². The zero-order chi connectivity index (χ0) is 21.6. The van der Waals surface area contributed by atoms with Gasteiger partial charge in [-0.1, -0.05) is 73.3 Å². The van der Waals surface area contributed by atoms with Crippen molar-refractivity contribution in [3.8, 4) is 0 Å². The zero-order valence-corrected chi connectivity index (χ0v) is 17.2. The minimum Gasteiger partial charge on any atom is -0.467 e. The molecule has 0 saturated carbocycles. The number of nitrogens with zero attached hydrogens (tertiary/aromatic N) is 1. The van der Waals surface area contributed by atoms with Crippen molar-refractivity contribution >= 4 is 18.1 Å². The van der Waals surface area contributed by atoms with Gasteiger partial charge in [0.05, 0.1) is 13.7 Å². The Morgan fingerprint density at radius 1 is 1.10 bits per heavy atom. The molecule has 1 amide bonds. The molecule has 30 heavy (non-hydrogen) atoms. The lowest BCUT2D eigenvalue weighted by Crippen LogP contribution is -2.57. The van der Waals surface area contributed by atoms with E-state index in [-0.39, 0.29) is 13.2 Å². The topological polar surface area (TPSA) is 55.8 Å². The van der Waals surface area contributed by atoms with Crippen LogP contribution in [0.3, 0.4) is 0 Å². The second-order valence-electron chi connectivity index (χ2n) is 7.15. The molecule has 154 valence electrons. The van der Waals surface area contributed by atoms with Crippen molar-refractivity contribution in [1.82, 2.24) is 4.90 Å². The zero-order valence-electron chi connectivity index (χ0n) is 17.2. The van der Waals surface area contributed by atoms with E-state index in [4.69, 9.17) is 9.47 Å². The molecule has 1 atom stereocenters. The third kappa shape index (κ3) is 4.51. The Bertz CT molecular complexity index is 979. The SMILES string of the molecule is C=CC1=C[C@@](C)(C(=O)OC)N(C(=O)OCc2ccccc2)C/C1=C\c1ccccc1. The first-order valence-corrected chi connectivity index (χ1v) is 9.66. The van der Waals surface area contributed by atoms with Gasteiger partial charge in [0, 0.05) is 0 Å². The maximum Gasteiger partial charge on any atom is 0.411 e. The number of carbonyl (C=O) groups is 2. The van der Waals surface area contributed by atoms with E-state index < -0.39 is 17.6 Å². The molecule has 2 aromatic carbocycles. The average Bonchev–Trinajstić information content (AvgIpc) is 2.79. The highest BCUT2D eigenvalue weighted by molar-refractivity contribution is 5.89. The van der Waals surface area contributed by atoms with E-state index in [0.29, 0.717) is 0 Å². The fraction of sp³-hybridized carbons (Fsp3) is 0.200. The number of allylic oxidation sites excluding steroid dienone is 1. The van der Waals surface area contributed by atoms with Crippen LogP contribution in [-0.2, 0) is 20.9 Å². The van der Waals surface area contributed by atoms with Gasteiger partial charge in [-0.15, -0.1) is 0 Å². The van der Waals surface area contributed by atoms with Crippen LogP contribution in [0, 0.1) is 0 Å². The minimum absolute atomic E-state index is 0.114. The molecule has 0 unspecified atom stereocenters. The fourth-order valence-corrected chi connectivity index (χ4v) is 3.40. The van der Waals surface area contributed by atoms with Gasteiger partial charge >= 0.3 is 12.1 Å². The van der Waals surface area contributed by atoms with Crippen LogP contribution in [-0.4, -0.2) is 36.2 Å². The number of hydrogen-bond donors (Lipinski definition) is 0. The first kappa shape index (κ1) is 21.1. The molecule has 0 bridgehead atoms. The van der Waals surface area contributed by atoms with Gasteiger partial charge in [-0.05, 0) is 41.3 Å². The number of rotatable bonds is 5. The van der Waals surface area contributed by atoms with Crippen molar-refractivity contribution in [2.45, 2.75) is 19.1 Å². The summed E-state index contributed by atoms with van der Waals surface area (Å²) >= 11 is 0. The van der Waals surface area contributed by atoms with Gasteiger partial charge in [-0.25, -0.2) is 9.59 Å². The average molecular weight is 403 g/mol. The van der Waals surface area contributed by atoms with Crippen LogP contribution in [0.2, 0.25) is 0 Å². The van der Waals surface area contributed by atoms with Crippen molar-refractivity contribution < 1.29 is 19.1 Å². The van der Waals surface area contributed by atoms with Gasteiger partial charge in [-0.2, -0.15) is 0 Å². The third-order valence-electron chi connectivity index (χ3n) is 5.08. The summed E-state index contributed by atoms with van der Waals surface area (Å²) in [5.41, 5.74) is 2.18. The van der Waals surface area contributed by atoms with Crippen LogP contribution in [0.5, 0.6) is 0 Å². The standard InChI is InChI=1S/C25H25NO4/c1-4-21-16-25(2,23(27)29-3)26(17-22(21)15-19-11-7-5-8-12-19)24(28)30-18-20-13-9-6-10-14-20/h4-16H,1,17-18H2,2-3H3/b22-15+/t25-/m0/s1. The number of methoxy groups -OCH3 is 1. The molecule has 1 aliphatic rings. The van der Waals surface area contributed by atoms with Crippen molar-refractivity contribution in [3.63, 3.8) is 0 Å². The monoisotopic (exact) mass is 403 g/mol. The number of ether oxygens (including phenoxy) is 2. The predicted molar refractivity (Wildman–Crippen MR) is 116 cm³/mol. The molecule has 0 spiro atoms. The van der Waals surface area contributed by atoms with Crippen molar-refractivity contribution in [2.75, 3.05) is 13.7 Å². The fourth-order valence-electron chi connectivity index (χ4n) is 3.40. The van der Waals surface area contributed by atoms with E-state index in [2.05, 4.69) is 6.58 Å². The number of esters is 1. The summed E-state index contributed by atoms with van der Waals surface area (Å²) in [6.07, 6.45) is 4.77. The Kier molecular flexibility index (Phi) is 6.52. The number of hydrogen-bond acceptors (Lipinski definition) is 4. The molecular weight excluding hydrogens is 378 g/mol. The van der Waals surface area contributed by atoms with Gasteiger partial charge in [-0.3, -0.25) is 4.90 Å². The van der Waals surface area contributed by atoms with Crippen LogP contribution in [0.4, 0.5) is 4.79 Å². The second-order valence-corrected chi connectivity index (χ2v) is 7.15. The molecule has 0 N–H and O–H groups in total. The molecule has 0 fully saturated rings. The second kappa shape index (κ2) is 9.27. The van der Waals surface area contributed by atoms with Crippen molar-refractivity contribution in [3.05, 3.63) is 102 Å². The minimum atomic E-state index is -1.31. The number of benzene rings is 2. The van der Waals surface area contributed by atoms with Crippen LogP contribution < -0.4 is 0 Å². The summed E-state index contributed by atoms with van der Waals surface area (Å²) in [7, 11) is 1.30. The molecule has 0 saturated heterocycles. The lowest BCUT2D eigenvalue weighted by molar-refractivity contribution is -0.150. The molecule has 1 aliphatic heterocycles. The van der Waals surface area contributed by atoms with Crippen LogP contribution in [0.1, 0.15) is 18.1 Å². The number of amides is 1. The Hall–Kier alpha value is -3.60. The largest absolute Gasteiger partial charge is 0.467 e. The Morgan fingerprint density at radius 2 is 1.73 bits per heavy atom. The smallest absolute Gasteiger partial charge is 0.411 e. The van der Waals surface area contributed by atoms with E-state index in [9.17, 15) is 9.59 Å². The lowest BCUT2D eigenvalue weighted by atomic mass is 9.87. The highest BCUT2D eigenvalue weighted by Gasteiger charge is 2.45. The summed E-state index contributed by atoms with van der Waals surface area (Å²) in [6, 6.07) is 19.2. The lowest BCUT2D eigenvalue weighted by Gasteiger charge is -2.40. The maximum absolute atomic E-state index is 13.0. The van der Waals surface area contributed by atoms with Gasteiger partial charge in [0.15, 0.2) is 5.54 Å². The van der Waals surface area contributed by atoms with E-state index in [0.717, 1.165) is 22.3 Å².